The molecule has 0 bridgehead atoms. The molecule has 1 aromatic heterocycles. The number of aliphatic hydroxyl groups is 1. The van der Waals surface area contributed by atoms with Gasteiger partial charge in [-0.1, -0.05) is 0 Å². The number of pyridine rings is 1. The van der Waals surface area contributed by atoms with E-state index in [2.05, 4.69) is 15.3 Å². The van der Waals surface area contributed by atoms with E-state index in [0.29, 0.717) is 0 Å². The third-order valence-electron chi connectivity index (χ3n) is 4.59. The fourth-order valence-corrected chi connectivity index (χ4v) is 2.87. The molecule has 0 radical (unpaired) electrons. The third-order valence-corrected chi connectivity index (χ3v) is 4.59. The van der Waals surface area contributed by atoms with E-state index in [1.807, 2.05) is 0 Å². The van der Waals surface area contributed by atoms with Crippen molar-refractivity contribution >= 4 is 17.9 Å². The molecular weight excluding hydrogens is 372 g/mol. The highest BCUT2D eigenvalue weighted by atomic mass is 19.3. The van der Waals surface area contributed by atoms with Crippen LogP contribution in [0.3, 0.4) is 0 Å². The number of nitrogens with two attached hydrogens (primary N) is 1. The molecule has 0 aromatic carbocycles. The van der Waals surface area contributed by atoms with Crippen molar-refractivity contribution in [2.75, 3.05) is 31.6 Å². The van der Waals surface area contributed by atoms with E-state index in [1.54, 1.807) is 11.8 Å². The standard InChI is InChI=1S/C18H25F2N5O3/c1-12(17(28)24-16-3-2-13(27)10-23-16)25-8-5-18(19,20)14(11-25)15(21)4-6-22-7-9-26/h2-4,6,10,12,14,26-27H,5,7-9,11,21H2,1H3,(H,23,24,28)/t12-,14+/m0/s1. The number of nitrogens with one attached hydrogen (secondary N) is 1. The quantitative estimate of drug-likeness (QED) is 0.509. The number of allylic oxidation sites excluding steroid dienone is 1. The number of anilines is 1. The molecule has 0 spiro atoms. The highest BCUT2D eigenvalue weighted by molar-refractivity contribution is 5.93. The van der Waals surface area contributed by atoms with Gasteiger partial charge < -0.3 is 21.3 Å². The van der Waals surface area contributed by atoms with Gasteiger partial charge in [0.05, 0.1) is 31.3 Å². The number of hydrogen-bond acceptors (Lipinski definition) is 7. The van der Waals surface area contributed by atoms with Crippen molar-refractivity contribution < 1.29 is 23.8 Å². The Labute approximate surface area is 161 Å². The van der Waals surface area contributed by atoms with Gasteiger partial charge in [-0.15, -0.1) is 0 Å². The summed E-state index contributed by atoms with van der Waals surface area (Å²) in [6, 6.07) is 2.15. The number of carbonyl (C=O) groups is 1. The molecule has 2 rings (SSSR count). The highest BCUT2D eigenvalue weighted by Crippen LogP contribution is 2.37. The lowest BCUT2D eigenvalue weighted by atomic mass is 9.89. The first-order valence-corrected chi connectivity index (χ1v) is 8.88. The van der Waals surface area contributed by atoms with Crippen molar-refractivity contribution in [2.45, 2.75) is 25.3 Å². The maximum Gasteiger partial charge on any atom is 0.258 e. The number of aromatic hydroxyl groups is 1. The number of halogens is 2. The van der Waals surface area contributed by atoms with E-state index >= 15 is 0 Å². The Morgan fingerprint density at radius 3 is 2.96 bits per heavy atom. The van der Waals surface area contributed by atoms with Crippen LogP contribution in [0.15, 0.2) is 35.1 Å². The minimum absolute atomic E-state index is 0.0239. The Bertz CT molecular complexity index is 724. The number of hydrogen-bond donors (Lipinski definition) is 4. The number of amides is 1. The molecule has 0 unspecified atom stereocenters. The Balaban J connectivity index is 2.05. The lowest BCUT2D eigenvalue weighted by Crippen LogP contribution is -2.54. The zero-order valence-electron chi connectivity index (χ0n) is 15.6. The Morgan fingerprint density at radius 1 is 1.57 bits per heavy atom. The minimum Gasteiger partial charge on any atom is -0.506 e. The molecule has 1 fully saturated rings. The number of aliphatic hydroxyl groups excluding tert-OH is 1. The van der Waals surface area contributed by atoms with E-state index in [9.17, 15) is 18.7 Å². The summed E-state index contributed by atoms with van der Waals surface area (Å²) >= 11 is 0. The van der Waals surface area contributed by atoms with Crippen molar-refractivity contribution in [1.82, 2.24) is 9.88 Å². The molecule has 8 nitrogen and oxygen atoms in total. The second kappa shape index (κ2) is 9.56. The van der Waals surface area contributed by atoms with Gasteiger partial charge in [-0.2, -0.15) is 0 Å². The second-order valence-electron chi connectivity index (χ2n) is 6.57. The van der Waals surface area contributed by atoms with Gasteiger partial charge >= 0.3 is 0 Å². The Morgan fingerprint density at radius 2 is 2.32 bits per heavy atom. The SMILES string of the molecule is C[C@@H](C(=O)Nc1ccc(O)cn1)N1CCC(F)(F)[C@@H](C(N)=CC=NCCO)C1. The van der Waals surface area contributed by atoms with E-state index in [1.165, 1.54) is 30.6 Å². The number of aliphatic imine (C=N–C) groups is 1. The summed E-state index contributed by atoms with van der Waals surface area (Å²) in [5.41, 5.74) is 5.83. The van der Waals surface area contributed by atoms with E-state index in [4.69, 9.17) is 10.8 Å². The predicted octanol–water partition coefficient (Wildman–Crippen LogP) is 0.977. The molecule has 1 saturated heterocycles. The molecule has 5 N–H and O–H groups in total. The van der Waals surface area contributed by atoms with Crippen LogP contribution in [0, 0.1) is 5.92 Å². The zero-order valence-corrected chi connectivity index (χ0v) is 15.6. The smallest absolute Gasteiger partial charge is 0.258 e. The van der Waals surface area contributed by atoms with Crippen molar-refractivity contribution in [3.63, 3.8) is 0 Å². The topological polar surface area (TPSA) is 124 Å². The van der Waals surface area contributed by atoms with E-state index in [0.717, 1.165) is 0 Å². The number of piperidine rings is 1. The highest BCUT2D eigenvalue weighted by Gasteiger charge is 2.46. The molecule has 1 aliphatic heterocycles. The summed E-state index contributed by atoms with van der Waals surface area (Å²) in [6.07, 6.45) is 3.38. The number of aromatic nitrogens is 1. The van der Waals surface area contributed by atoms with Gasteiger partial charge in [-0.25, -0.2) is 13.8 Å². The molecule has 2 heterocycles. The fourth-order valence-electron chi connectivity index (χ4n) is 2.87. The Hall–Kier alpha value is -2.59. The molecule has 10 heteroatoms. The van der Waals surface area contributed by atoms with Crippen LogP contribution in [0.2, 0.25) is 0 Å². The maximum absolute atomic E-state index is 14.4. The summed E-state index contributed by atoms with van der Waals surface area (Å²) in [7, 11) is 0. The minimum atomic E-state index is -2.99. The first kappa shape index (κ1) is 21.7. The van der Waals surface area contributed by atoms with Crippen LogP contribution in [0.25, 0.3) is 0 Å². The summed E-state index contributed by atoms with van der Waals surface area (Å²) < 4.78 is 28.7. The van der Waals surface area contributed by atoms with Crippen LogP contribution >= 0.6 is 0 Å². The van der Waals surface area contributed by atoms with Gasteiger partial charge in [0.15, 0.2) is 0 Å². The third kappa shape index (κ3) is 5.70. The number of rotatable bonds is 7. The average molecular weight is 397 g/mol. The van der Waals surface area contributed by atoms with Crippen molar-refractivity contribution in [3.8, 4) is 5.75 Å². The van der Waals surface area contributed by atoms with Gasteiger partial charge in [-0.3, -0.25) is 14.7 Å². The van der Waals surface area contributed by atoms with Gasteiger partial charge in [0.25, 0.3) is 5.92 Å². The molecule has 154 valence electrons. The summed E-state index contributed by atoms with van der Waals surface area (Å²) in [5.74, 6) is -4.40. The van der Waals surface area contributed by atoms with Gasteiger partial charge in [0, 0.05) is 31.4 Å². The second-order valence-corrected chi connectivity index (χ2v) is 6.57. The average Bonchev–Trinajstić information content (AvgIpc) is 2.66. The van der Waals surface area contributed by atoms with Crippen LogP contribution in [0.5, 0.6) is 5.75 Å². The first-order chi connectivity index (χ1) is 13.2. The van der Waals surface area contributed by atoms with Crippen molar-refractivity contribution in [2.24, 2.45) is 16.6 Å². The molecule has 1 aromatic rings. The normalized spacial score (nSPS) is 21.6. The van der Waals surface area contributed by atoms with Crippen LogP contribution in [-0.4, -0.2) is 70.4 Å². The zero-order chi connectivity index (χ0) is 20.7. The summed E-state index contributed by atoms with van der Waals surface area (Å²) in [5, 5.41) is 20.5. The van der Waals surface area contributed by atoms with Gasteiger partial charge in [-0.05, 0) is 25.1 Å². The van der Waals surface area contributed by atoms with E-state index in [-0.39, 0.29) is 43.5 Å². The molecule has 2 atom stereocenters. The number of alkyl halides is 2. The number of carbonyl (C=O) groups excluding carboxylic acids is 1. The van der Waals surface area contributed by atoms with E-state index < -0.39 is 30.2 Å². The largest absolute Gasteiger partial charge is 0.506 e. The van der Waals surface area contributed by atoms with Gasteiger partial charge in [0.1, 0.15) is 11.6 Å². The van der Waals surface area contributed by atoms with Gasteiger partial charge in [0.2, 0.25) is 5.91 Å². The van der Waals surface area contributed by atoms with Crippen LogP contribution < -0.4 is 11.1 Å². The fraction of sp³-hybridized carbons (Fsp3) is 0.500. The van der Waals surface area contributed by atoms with Crippen molar-refractivity contribution in [3.05, 3.63) is 30.1 Å². The molecule has 0 saturated carbocycles. The molecule has 0 aliphatic carbocycles. The molecule has 1 aliphatic rings. The van der Waals surface area contributed by atoms with Crippen molar-refractivity contribution in [1.29, 1.82) is 0 Å². The summed E-state index contributed by atoms with van der Waals surface area (Å²) in [4.78, 5) is 21.8. The van der Waals surface area contributed by atoms with Crippen LogP contribution in [-0.2, 0) is 4.79 Å². The lowest BCUT2D eigenvalue weighted by Gasteiger charge is -2.40. The summed E-state index contributed by atoms with van der Waals surface area (Å²) in [6.45, 7) is 1.62. The van der Waals surface area contributed by atoms with Crippen LogP contribution in [0.1, 0.15) is 13.3 Å². The molecular formula is C18H25F2N5O3. The first-order valence-electron chi connectivity index (χ1n) is 8.88. The Kier molecular flexibility index (Phi) is 7.41. The molecule has 1 amide bonds. The lowest BCUT2D eigenvalue weighted by molar-refractivity contribution is -0.128. The monoisotopic (exact) mass is 397 g/mol. The number of nitrogens with zero attached hydrogens (tertiary/aromatic N) is 3. The molecule has 28 heavy (non-hydrogen) atoms. The number of likely N-dealkylation sites (tertiary alicyclic amines) is 1. The maximum atomic E-state index is 14.4. The van der Waals surface area contributed by atoms with Crippen LogP contribution in [0.4, 0.5) is 14.6 Å². The predicted molar refractivity (Wildman–Crippen MR) is 101 cm³/mol.